The predicted octanol–water partition coefficient (Wildman–Crippen LogP) is 3.84. The van der Waals surface area contributed by atoms with Crippen LogP contribution in [-0.4, -0.2) is 15.5 Å². The molecule has 0 unspecified atom stereocenters. The summed E-state index contributed by atoms with van der Waals surface area (Å²) in [6.45, 7) is 3.75. The minimum absolute atomic E-state index is 0.00945. The Morgan fingerprint density at radius 2 is 1.86 bits per heavy atom. The van der Waals surface area contributed by atoms with Crippen molar-refractivity contribution in [2.45, 2.75) is 19.8 Å². The van der Waals surface area contributed by atoms with Gasteiger partial charge in [0.1, 0.15) is 0 Å². The highest BCUT2D eigenvalue weighted by atomic mass is 35.5. The molecule has 0 saturated heterocycles. The number of H-pyrrole nitrogens is 1. The molecular formula is C13H12Cl2N2O4. The second-order valence-corrected chi connectivity index (χ2v) is 5.37. The Morgan fingerprint density at radius 3 is 2.38 bits per heavy atom. The monoisotopic (exact) mass is 330 g/mol. The van der Waals surface area contributed by atoms with Crippen LogP contribution in [0.4, 0.5) is 0 Å². The summed E-state index contributed by atoms with van der Waals surface area (Å²) in [6.07, 6.45) is 0. The molecule has 0 aliphatic rings. The van der Waals surface area contributed by atoms with E-state index in [1.165, 1.54) is 18.2 Å². The third-order valence-corrected chi connectivity index (χ3v) is 3.28. The molecular weight excluding hydrogens is 319 g/mol. The van der Waals surface area contributed by atoms with Crippen molar-refractivity contribution in [1.82, 2.24) is 10.2 Å². The summed E-state index contributed by atoms with van der Waals surface area (Å²) in [4.78, 5) is 15.7. The fraction of sp³-hybridized carbons (Fsp3) is 0.231. The SMILES string of the molecule is CC(C)c1cc(Oc2c(Cl)cc(OO)cc2Cl)n[nH]c1=O. The topological polar surface area (TPSA) is 84.4 Å². The second kappa shape index (κ2) is 6.34. The number of rotatable bonds is 4. The normalized spacial score (nSPS) is 10.8. The molecule has 112 valence electrons. The molecule has 1 aromatic carbocycles. The number of hydrogen-bond acceptors (Lipinski definition) is 5. The van der Waals surface area contributed by atoms with E-state index in [1.807, 2.05) is 13.8 Å². The van der Waals surface area contributed by atoms with E-state index in [1.54, 1.807) is 0 Å². The molecule has 8 heteroatoms. The molecule has 2 aromatic rings. The van der Waals surface area contributed by atoms with E-state index in [-0.39, 0.29) is 38.9 Å². The van der Waals surface area contributed by atoms with Crippen molar-refractivity contribution >= 4 is 23.2 Å². The first-order valence-electron chi connectivity index (χ1n) is 6.00. The van der Waals surface area contributed by atoms with Crippen LogP contribution in [0.1, 0.15) is 25.3 Å². The lowest BCUT2D eigenvalue weighted by atomic mass is 10.1. The van der Waals surface area contributed by atoms with E-state index in [9.17, 15) is 4.79 Å². The molecule has 0 aliphatic heterocycles. The summed E-state index contributed by atoms with van der Waals surface area (Å²) in [6, 6.07) is 4.18. The van der Waals surface area contributed by atoms with Gasteiger partial charge >= 0.3 is 0 Å². The molecule has 0 atom stereocenters. The summed E-state index contributed by atoms with van der Waals surface area (Å²) in [7, 11) is 0. The van der Waals surface area contributed by atoms with Crippen molar-refractivity contribution in [2.75, 3.05) is 0 Å². The molecule has 2 N–H and O–H groups in total. The highest BCUT2D eigenvalue weighted by Gasteiger charge is 2.14. The maximum atomic E-state index is 11.6. The van der Waals surface area contributed by atoms with Crippen molar-refractivity contribution in [3.63, 3.8) is 0 Å². The van der Waals surface area contributed by atoms with Crippen LogP contribution in [0.15, 0.2) is 23.0 Å². The summed E-state index contributed by atoms with van der Waals surface area (Å²) < 4.78 is 5.50. The van der Waals surface area contributed by atoms with Gasteiger partial charge in [-0.15, -0.1) is 5.10 Å². The van der Waals surface area contributed by atoms with Crippen molar-refractivity contribution in [3.05, 3.63) is 44.2 Å². The Labute approximate surface area is 130 Å². The van der Waals surface area contributed by atoms with E-state index in [2.05, 4.69) is 15.1 Å². The lowest BCUT2D eigenvalue weighted by Gasteiger charge is -2.11. The Balaban J connectivity index is 2.39. The first-order valence-corrected chi connectivity index (χ1v) is 6.76. The summed E-state index contributed by atoms with van der Waals surface area (Å²) in [5.41, 5.74) is 0.251. The molecule has 0 amide bonds. The zero-order valence-corrected chi connectivity index (χ0v) is 12.7. The maximum absolute atomic E-state index is 11.6. The van der Waals surface area contributed by atoms with Gasteiger partial charge in [0.15, 0.2) is 11.5 Å². The van der Waals surface area contributed by atoms with Crippen LogP contribution < -0.4 is 15.2 Å². The Hall–Kier alpha value is -1.76. The van der Waals surface area contributed by atoms with Crippen LogP contribution >= 0.6 is 23.2 Å². The average molecular weight is 331 g/mol. The minimum atomic E-state index is -0.279. The second-order valence-electron chi connectivity index (χ2n) is 4.55. The third-order valence-electron chi connectivity index (χ3n) is 2.71. The number of aromatic amines is 1. The van der Waals surface area contributed by atoms with Crippen LogP contribution in [-0.2, 0) is 0 Å². The molecule has 0 radical (unpaired) electrons. The molecule has 1 aromatic heterocycles. The Bertz CT molecular complexity index is 693. The highest BCUT2D eigenvalue weighted by molar-refractivity contribution is 6.37. The van der Waals surface area contributed by atoms with Gasteiger partial charge < -0.3 is 9.62 Å². The molecule has 0 saturated carbocycles. The maximum Gasteiger partial charge on any atom is 0.267 e. The van der Waals surface area contributed by atoms with Crippen LogP contribution in [0.5, 0.6) is 17.4 Å². The van der Waals surface area contributed by atoms with E-state index < -0.39 is 0 Å². The summed E-state index contributed by atoms with van der Waals surface area (Å²) in [5, 5.41) is 15.0. The number of halogens is 2. The van der Waals surface area contributed by atoms with Crippen LogP contribution in [0.2, 0.25) is 10.0 Å². The Kier molecular flexibility index (Phi) is 4.72. The zero-order valence-electron chi connectivity index (χ0n) is 11.2. The van der Waals surface area contributed by atoms with Gasteiger partial charge in [-0.25, -0.2) is 10.4 Å². The largest absolute Gasteiger partial charge is 0.434 e. The molecule has 2 rings (SSSR count). The molecule has 21 heavy (non-hydrogen) atoms. The predicted molar refractivity (Wildman–Crippen MR) is 78.7 cm³/mol. The van der Waals surface area contributed by atoms with E-state index in [0.717, 1.165) is 0 Å². The third kappa shape index (κ3) is 3.47. The number of nitrogens with zero attached hydrogens (tertiary/aromatic N) is 1. The van der Waals surface area contributed by atoms with Crippen LogP contribution in [0, 0.1) is 0 Å². The van der Waals surface area contributed by atoms with Crippen molar-refractivity contribution in [2.24, 2.45) is 0 Å². The number of nitrogens with one attached hydrogen (secondary N) is 1. The first-order chi connectivity index (χ1) is 9.92. The number of ether oxygens (including phenoxy) is 1. The summed E-state index contributed by atoms with van der Waals surface area (Å²) >= 11 is 12.0. The van der Waals surface area contributed by atoms with E-state index in [4.69, 9.17) is 33.2 Å². The van der Waals surface area contributed by atoms with Crippen molar-refractivity contribution in [1.29, 1.82) is 0 Å². The van der Waals surface area contributed by atoms with Gasteiger partial charge in [-0.3, -0.25) is 4.79 Å². The van der Waals surface area contributed by atoms with E-state index in [0.29, 0.717) is 5.56 Å². The van der Waals surface area contributed by atoms with Crippen LogP contribution in [0.25, 0.3) is 0 Å². The van der Waals surface area contributed by atoms with E-state index >= 15 is 0 Å². The van der Waals surface area contributed by atoms with Gasteiger partial charge in [-0.1, -0.05) is 37.0 Å². The van der Waals surface area contributed by atoms with Gasteiger partial charge in [-0.2, -0.15) is 0 Å². The number of aromatic nitrogens is 2. The van der Waals surface area contributed by atoms with Gasteiger partial charge in [0.05, 0.1) is 10.0 Å². The van der Waals surface area contributed by atoms with Gasteiger partial charge in [0.2, 0.25) is 5.88 Å². The zero-order chi connectivity index (χ0) is 15.6. The lowest BCUT2D eigenvalue weighted by molar-refractivity contribution is -0.137. The van der Waals surface area contributed by atoms with Gasteiger partial charge in [-0.05, 0) is 5.92 Å². The van der Waals surface area contributed by atoms with Crippen molar-refractivity contribution in [3.8, 4) is 17.4 Å². The Morgan fingerprint density at radius 1 is 1.24 bits per heavy atom. The highest BCUT2D eigenvalue weighted by Crippen LogP contribution is 2.39. The average Bonchev–Trinajstić information content (AvgIpc) is 2.43. The summed E-state index contributed by atoms with van der Waals surface area (Å²) in [5.74, 6) is 0.387. The van der Waals surface area contributed by atoms with Crippen molar-refractivity contribution < 1.29 is 14.9 Å². The van der Waals surface area contributed by atoms with Gasteiger partial charge in [0.25, 0.3) is 5.56 Å². The minimum Gasteiger partial charge on any atom is -0.434 e. The smallest absolute Gasteiger partial charge is 0.267 e. The lowest BCUT2D eigenvalue weighted by Crippen LogP contribution is -2.15. The quantitative estimate of drug-likeness (QED) is 0.657. The molecule has 1 heterocycles. The fourth-order valence-electron chi connectivity index (χ4n) is 1.67. The number of hydrogen-bond donors (Lipinski definition) is 2. The fourth-order valence-corrected chi connectivity index (χ4v) is 2.22. The molecule has 0 bridgehead atoms. The standard InChI is InChI=1S/C13H12Cl2N2O4/c1-6(2)8-5-11(16-17-13(8)18)20-12-9(14)3-7(21-19)4-10(12)15/h3-6,19H,1-2H3,(H,17,18). The molecule has 0 fully saturated rings. The molecule has 0 spiro atoms. The number of benzene rings is 1. The molecule has 0 aliphatic carbocycles. The molecule has 6 nitrogen and oxygen atoms in total. The van der Waals surface area contributed by atoms with Crippen LogP contribution in [0.3, 0.4) is 0 Å². The first kappa shape index (κ1) is 15.6. The van der Waals surface area contributed by atoms with Gasteiger partial charge in [0, 0.05) is 23.8 Å².